The Morgan fingerprint density at radius 1 is 1.21 bits per heavy atom. The summed E-state index contributed by atoms with van der Waals surface area (Å²) >= 11 is 1.81. The summed E-state index contributed by atoms with van der Waals surface area (Å²) in [6.45, 7) is 3.26. The third-order valence-electron chi connectivity index (χ3n) is 7.44. The first-order valence-corrected chi connectivity index (χ1v) is 10.9. The Morgan fingerprint density at radius 2 is 1.88 bits per heavy atom. The van der Waals surface area contributed by atoms with Gasteiger partial charge >= 0.3 is 0 Å². The van der Waals surface area contributed by atoms with E-state index in [1.165, 1.54) is 61.8 Å². The highest BCUT2D eigenvalue weighted by Crippen LogP contribution is 2.59. The zero-order chi connectivity index (χ0) is 16.3. The van der Waals surface area contributed by atoms with E-state index in [2.05, 4.69) is 17.6 Å². The summed E-state index contributed by atoms with van der Waals surface area (Å²) in [4.78, 5) is 14.3. The molecule has 0 aliphatic heterocycles. The van der Waals surface area contributed by atoms with E-state index >= 15 is 0 Å². The second kappa shape index (κ2) is 5.59. The lowest BCUT2D eigenvalue weighted by Gasteiger charge is -2.56. The normalized spacial score (nSPS) is 39.7. The van der Waals surface area contributed by atoms with Crippen LogP contribution in [0.15, 0.2) is 5.38 Å². The van der Waals surface area contributed by atoms with Crippen molar-refractivity contribution in [2.75, 3.05) is 6.54 Å². The van der Waals surface area contributed by atoms with Crippen LogP contribution in [0.4, 0.5) is 0 Å². The Hall–Kier alpha value is -0.830. The maximum absolute atomic E-state index is 12.8. The lowest BCUT2D eigenvalue weighted by Crippen LogP contribution is -2.51. The number of carbonyl (C=O) groups is 1. The monoisotopic (exact) mass is 343 g/mol. The predicted molar refractivity (Wildman–Crippen MR) is 98.4 cm³/mol. The van der Waals surface area contributed by atoms with E-state index in [0.717, 1.165) is 42.2 Å². The molecule has 1 amide bonds. The lowest BCUT2D eigenvalue weighted by molar-refractivity contribution is -0.0503. The van der Waals surface area contributed by atoms with Crippen LogP contribution in [0.1, 0.15) is 72.7 Å². The zero-order valence-corrected chi connectivity index (χ0v) is 15.6. The van der Waals surface area contributed by atoms with Crippen molar-refractivity contribution in [1.82, 2.24) is 5.32 Å². The van der Waals surface area contributed by atoms with E-state index in [9.17, 15) is 4.79 Å². The van der Waals surface area contributed by atoms with Gasteiger partial charge in [-0.15, -0.1) is 11.3 Å². The molecule has 24 heavy (non-hydrogen) atoms. The molecule has 6 rings (SSSR count). The quantitative estimate of drug-likeness (QED) is 0.837. The minimum Gasteiger partial charge on any atom is -0.351 e. The number of thiophene rings is 1. The number of hydrogen-bond donors (Lipinski definition) is 1. The maximum atomic E-state index is 12.8. The van der Waals surface area contributed by atoms with Crippen molar-refractivity contribution in [3.8, 4) is 0 Å². The molecule has 5 aliphatic carbocycles. The fourth-order valence-corrected chi connectivity index (χ4v) is 7.98. The van der Waals surface area contributed by atoms with Crippen LogP contribution in [0.5, 0.6) is 0 Å². The molecule has 4 bridgehead atoms. The van der Waals surface area contributed by atoms with Crippen molar-refractivity contribution in [3.63, 3.8) is 0 Å². The highest BCUT2D eigenvalue weighted by atomic mass is 32.1. The van der Waals surface area contributed by atoms with Crippen molar-refractivity contribution in [2.45, 2.75) is 64.7 Å². The van der Waals surface area contributed by atoms with Gasteiger partial charge in [-0.3, -0.25) is 4.79 Å². The fourth-order valence-electron chi connectivity index (χ4n) is 6.74. The number of carbonyl (C=O) groups excluding carboxylic acids is 1. The Morgan fingerprint density at radius 3 is 2.54 bits per heavy atom. The number of rotatable bonds is 3. The van der Waals surface area contributed by atoms with Crippen molar-refractivity contribution >= 4 is 17.2 Å². The number of fused-ring (bicyclic) bond motifs is 1. The smallest absolute Gasteiger partial charge is 0.252 e. The highest BCUT2D eigenvalue weighted by Gasteiger charge is 2.50. The lowest BCUT2D eigenvalue weighted by atomic mass is 9.49. The van der Waals surface area contributed by atoms with Gasteiger partial charge in [-0.05, 0) is 92.4 Å². The molecule has 1 N–H and O–H groups in total. The Bertz CT molecular complexity index is 626. The molecule has 5 aliphatic rings. The Balaban J connectivity index is 1.28. The SMILES string of the molecule is C[C@H]1CCc2c(C(=O)NCC34CC5CC(CC(C5)C3)C4)csc2C1. The second-order valence-corrected chi connectivity index (χ2v) is 10.5. The standard InChI is InChI=1S/C21H29NOS/c1-13-2-3-17-18(11-24-19(17)4-13)20(23)22-12-21-8-14-5-15(9-21)7-16(6-14)10-21/h11,13-16H,2-10,12H2,1H3,(H,22,23)/t13-,14?,15?,16?,21?/m0/s1. The summed E-state index contributed by atoms with van der Waals surface area (Å²) < 4.78 is 0. The number of amides is 1. The average molecular weight is 344 g/mol. The van der Waals surface area contributed by atoms with Crippen LogP contribution in [-0.4, -0.2) is 12.5 Å². The van der Waals surface area contributed by atoms with Gasteiger partial charge in [0.1, 0.15) is 0 Å². The fraction of sp³-hybridized carbons (Fsp3) is 0.762. The van der Waals surface area contributed by atoms with Gasteiger partial charge in [0.05, 0.1) is 5.56 Å². The number of hydrogen-bond acceptors (Lipinski definition) is 2. The number of nitrogens with one attached hydrogen (secondary N) is 1. The van der Waals surface area contributed by atoms with Crippen molar-refractivity contribution < 1.29 is 4.79 Å². The van der Waals surface area contributed by atoms with Gasteiger partial charge < -0.3 is 5.32 Å². The molecule has 0 unspecified atom stereocenters. The van der Waals surface area contributed by atoms with Gasteiger partial charge in [-0.2, -0.15) is 0 Å². The van der Waals surface area contributed by atoms with E-state index in [-0.39, 0.29) is 5.91 Å². The van der Waals surface area contributed by atoms with Crippen LogP contribution in [0.25, 0.3) is 0 Å². The first-order chi connectivity index (χ1) is 11.6. The maximum Gasteiger partial charge on any atom is 0.252 e. The van der Waals surface area contributed by atoms with E-state index in [4.69, 9.17) is 0 Å². The summed E-state index contributed by atoms with van der Waals surface area (Å²) in [6.07, 6.45) is 12.0. The summed E-state index contributed by atoms with van der Waals surface area (Å²) in [5.41, 5.74) is 2.79. The van der Waals surface area contributed by atoms with Crippen LogP contribution < -0.4 is 5.32 Å². The van der Waals surface area contributed by atoms with Crippen molar-refractivity contribution in [2.24, 2.45) is 29.1 Å². The van der Waals surface area contributed by atoms with Crippen LogP contribution in [0.2, 0.25) is 0 Å². The van der Waals surface area contributed by atoms with Crippen molar-refractivity contribution in [1.29, 1.82) is 0 Å². The predicted octanol–water partition coefficient (Wildman–Crippen LogP) is 4.82. The van der Waals surface area contributed by atoms with Crippen LogP contribution in [-0.2, 0) is 12.8 Å². The minimum absolute atomic E-state index is 0.206. The first-order valence-electron chi connectivity index (χ1n) is 9.98. The molecule has 1 heterocycles. The Labute approximate surface area is 149 Å². The molecule has 0 saturated heterocycles. The molecule has 4 saturated carbocycles. The van der Waals surface area contributed by atoms with Gasteiger partial charge in [-0.1, -0.05) is 6.92 Å². The molecule has 0 radical (unpaired) electrons. The molecule has 0 aromatic carbocycles. The average Bonchev–Trinajstić information content (AvgIpc) is 2.94. The molecule has 0 spiro atoms. The third-order valence-corrected chi connectivity index (χ3v) is 8.49. The van der Waals surface area contributed by atoms with Gasteiger partial charge in [0.25, 0.3) is 5.91 Å². The largest absolute Gasteiger partial charge is 0.351 e. The van der Waals surface area contributed by atoms with E-state index in [0.29, 0.717) is 5.41 Å². The van der Waals surface area contributed by atoms with E-state index in [1.807, 2.05) is 11.3 Å². The minimum atomic E-state index is 0.206. The molecule has 1 atom stereocenters. The molecule has 3 heteroatoms. The molecule has 1 aromatic rings. The van der Waals surface area contributed by atoms with Gasteiger partial charge in [0, 0.05) is 16.8 Å². The molecule has 1 aromatic heterocycles. The topological polar surface area (TPSA) is 29.1 Å². The summed E-state index contributed by atoms with van der Waals surface area (Å²) in [7, 11) is 0. The van der Waals surface area contributed by atoms with Gasteiger partial charge in [0.15, 0.2) is 0 Å². The summed E-state index contributed by atoms with van der Waals surface area (Å²) in [6, 6.07) is 0. The molecule has 2 nitrogen and oxygen atoms in total. The molecular formula is C21H29NOS. The first kappa shape index (κ1) is 15.4. The van der Waals surface area contributed by atoms with Gasteiger partial charge in [-0.25, -0.2) is 0 Å². The highest BCUT2D eigenvalue weighted by molar-refractivity contribution is 7.10. The van der Waals surface area contributed by atoms with Crippen LogP contribution in [0, 0.1) is 29.1 Å². The Kier molecular flexibility index (Phi) is 3.59. The summed E-state index contributed by atoms with van der Waals surface area (Å²) in [5.74, 6) is 3.87. The third kappa shape index (κ3) is 2.55. The molecular weight excluding hydrogens is 314 g/mol. The van der Waals surface area contributed by atoms with Crippen LogP contribution in [0.3, 0.4) is 0 Å². The van der Waals surface area contributed by atoms with E-state index in [1.54, 1.807) is 0 Å². The van der Waals surface area contributed by atoms with Gasteiger partial charge in [0.2, 0.25) is 0 Å². The summed E-state index contributed by atoms with van der Waals surface area (Å²) in [5, 5.41) is 5.49. The van der Waals surface area contributed by atoms with E-state index < -0.39 is 0 Å². The van der Waals surface area contributed by atoms with Crippen molar-refractivity contribution in [3.05, 3.63) is 21.4 Å². The second-order valence-electron chi connectivity index (χ2n) is 9.50. The molecule has 130 valence electrons. The molecule has 4 fully saturated rings. The van der Waals surface area contributed by atoms with Crippen LogP contribution >= 0.6 is 11.3 Å². The zero-order valence-electron chi connectivity index (χ0n) is 14.8.